The van der Waals surface area contributed by atoms with E-state index in [2.05, 4.69) is 74.7 Å². The second kappa shape index (κ2) is 46.9. The molecule has 0 radical (unpaired) electrons. The number of hydrogen-bond donors (Lipinski definition) is 3. The van der Waals surface area contributed by atoms with Crippen LogP contribution in [0, 0.1) is 0 Å². The molecule has 0 spiro atoms. The van der Waals surface area contributed by atoms with Crippen LogP contribution in [0.2, 0.25) is 0 Å². The van der Waals surface area contributed by atoms with E-state index in [1.165, 1.54) is 128 Å². The average molecular weight is 828 g/mol. The number of aliphatic hydroxyl groups is 2. The molecule has 1 amide bonds. The fourth-order valence-electron chi connectivity index (χ4n) is 7.48. The maximum absolute atomic E-state index is 13.2. The zero-order chi connectivity index (χ0) is 43.1. The van der Waals surface area contributed by atoms with E-state index in [4.69, 9.17) is 4.74 Å². The Morgan fingerprint density at radius 2 is 0.881 bits per heavy atom. The van der Waals surface area contributed by atoms with Crippen LogP contribution in [-0.4, -0.2) is 46.9 Å². The molecule has 6 nitrogen and oxygen atoms in total. The third kappa shape index (κ3) is 42.3. The monoisotopic (exact) mass is 828 g/mol. The molecule has 0 aromatic carbocycles. The number of unbranched alkanes of at least 4 members (excludes halogenated alkanes) is 25. The lowest BCUT2D eigenvalue weighted by atomic mass is 10.0. The van der Waals surface area contributed by atoms with Crippen molar-refractivity contribution >= 4 is 11.9 Å². The molecule has 0 rings (SSSR count). The Kier molecular flexibility index (Phi) is 45.1. The number of hydrogen-bond acceptors (Lipinski definition) is 5. The number of amides is 1. The van der Waals surface area contributed by atoms with E-state index in [0.717, 1.165) is 77.0 Å². The summed E-state index contributed by atoms with van der Waals surface area (Å²) < 4.78 is 5.90. The molecule has 59 heavy (non-hydrogen) atoms. The lowest BCUT2D eigenvalue weighted by Crippen LogP contribution is -2.46. The van der Waals surface area contributed by atoms with Gasteiger partial charge in [-0.1, -0.05) is 204 Å². The predicted molar refractivity (Wildman–Crippen MR) is 255 cm³/mol. The fourth-order valence-corrected chi connectivity index (χ4v) is 7.48. The standard InChI is InChI=1S/C53H97NO5/c1-4-7-10-13-16-19-22-24-26-27-30-32-35-38-41-44-49(59-53(58)46-43-40-37-34-29-21-18-15-12-9-6-3)47-52(57)54-50(48-55)51(56)45-42-39-36-33-31-28-25-23-20-17-14-11-8-5-2/h15-16,18-19,24,26,30,32,49-51,55-56H,4-14,17,20-23,25,27-29,31,33-48H2,1-3H3,(H,54,57)/b18-15-,19-16-,26-24-,32-30-. The van der Waals surface area contributed by atoms with E-state index in [1.54, 1.807) is 0 Å². The first-order chi connectivity index (χ1) is 29.0. The van der Waals surface area contributed by atoms with Crippen LogP contribution in [0.3, 0.4) is 0 Å². The van der Waals surface area contributed by atoms with E-state index in [0.29, 0.717) is 19.3 Å². The quantitative estimate of drug-likeness (QED) is 0.0323. The molecule has 344 valence electrons. The van der Waals surface area contributed by atoms with Crippen molar-refractivity contribution in [2.24, 2.45) is 0 Å². The van der Waals surface area contributed by atoms with Gasteiger partial charge in [-0.2, -0.15) is 0 Å². The summed E-state index contributed by atoms with van der Waals surface area (Å²) >= 11 is 0. The van der Waals surface area contributed by atoms with Gasteiger partial charge < -0.3 is 20.3 Å². The third-order valence-corrected chi connectivity index (χ3v) is 11.4. The summed E-state index contributed by atoms with van der Waals surface area (Å²) in [5.74, 6) is -0.520. The van der Waals surface area contributed by atoms with Crippen molar-refractivity contribution in [2.75, 3.05) is 6.61 Å². The molecule has 0 heterocycles. The minimum Gasteiger partial charge on any atom is -0.462 e. The molecule has 0 aromatic rings. The molecule has 0 aliphatic rings. The van der Waals surface area contributed by atoms with Gasteiger partial charge in [0.1, 0.15) is 6.10 Å². The SMILES string of the molecule is CCCC/C=C\CCCCCCCC(=O)OC(CCCC/C=C\C/C=C\C/C=C\CCCCC)CC(=O)NC(CO)C(O)CCCCCCCCCCCCCCCC. The normalized spacial score (nSPS) is 13.6. The molecular formula is C53H97NO5. The Labute approximate surface area is 366 Å². The van der Waals surface area contributed by atoms with Crippen LogP contribution in [-0.2, 0) is 14.3 Å². The first-order valence-electron chi connectivity index (χ1n) is 25.4. The Bertz CT molecular complexity index is 1020. The number of carbonyl (C=O) groups excluding carboxylic acids is 2. The van der Waals surface area contributed by atoms with E-state index < -0.39 is 18.2 Å². The van der Waals surface area contributed by atoms with Gasteiger partial charge in [0.2, 0.25) is 5.91 Å². The van der Waals surface area contributed by atoms with Gasteiger partial charge in [-0.15, -0.1) is 0 Å². The number of ether oxygens (including phenoxy) is 1. The molecule has 3 N–H and O–H groups in total. The van der Waals surface area contributed by atoms with E-state index in [1.807, 2.05) is 0 Å². The van der Waals surface area contributed by atoms with E-state index >= 15 is 0 Å². The molecule has 0 saturated carbocycles. The number of allylic oxidation sites excluding steroid dienone is 8. The van der Waals surface area contributed by atoms with Crippen molar-refractivity contribution < 1.29 is 24.5 Å². The van der Waals surface area contributed by atoms with Gasteiger partial charge in [0.25, 0.3) is 0 Å². The van der Waals surface area contributed by atoms with E-state index in [-0.39, 0.29) is 24.9 Å². The molecular weight excluding hydrogens is 731 g/mol. The van der Waals surface area contributed by atoms with Crippen LogP contribution in [0.25, 0.3) is 0 Å². The molecule has 6 heteroatoms. The zero-order valence-corrected chi connectivity index (χ0v) is 39.1. The van der Waals surface area contributed by atoms with Crippen LogP contribution in [0.1, 0.15) is 252 Å². The summed E-state index contributed by atoms with van der Waals surface area (Å²) in [5.41, 5.74) is 0. The molecule has 0 saturated heterocycles. The summed E-state index contributed by atoms with van der Waals surface area (Å²) in [4.78, 5) is 26.1. The second-order valence-electron chi connectivity index (χ2n) is 17.2. The minimum absolute atomic E-state index is 0.0489. The van der Waals surface area contributed by atoms with Crippen LogP contribution in [0.4, 0.5) is 0 Å². The topological polar surface area (TPSA) is 95.9 Å². The van der Waals surface area contributed by atoms with Crippen molar-refractivity contribution in [3.05, 3.63) is 48.6 Å². The third-order valence-electron chi connectivity index (χ3n) is 11.4. The lowest BCUT2D eigenvalue weighted by molar-refractivity contribution is -0.151. The van der Waals surface area contributed by atoms with Gasteiger partial charge in [-0.3, -0.25) is 9.59 Å². The smallest absolute Gasteiger partial charge is 0.306 e. The highest BCUT2D eigenvalue weighted by molar-refractivity contribution is 5.77. The van der Waals surface area contributed by atoms with Gasteiger partial charge in [-0.05, 0) is 83.5 Å². The number of esters is 1. The van der Waals surface area contributed by atoms with Gasteiger partial charge in [-0.25, -0.2) is 0 Å². The highest BCUT2D eigenvalue weighted by Crippen LogP contribution is 2.17. The molecule has 0 fully saturated rings. The first kappa shape index (κ1) is 56.8. The second-order valence-corrected chi connectivity index (χ2v) is 17.2. The summed E-state index contributed by atoms with van der Waals surface area (Å²) in [6.45, 7) is 6.41. The van der Waals surface area contributed by atoms with Gasteiger partial charge in [0.15, 0.2) is 0 Å². The Morgan fingerprint density at radius 3 is 1.42 bits per heavy atom. The molecule has 0 aliphatic carbocycles. The number of nitrogens with one attached hydrogen (secondary N) is 1. The lowest BCUT2D eigenvalue weighted by Gasteiger charge is -2.24. The summed E-state index contributed by atoms with van der Waals surface area (Å²) in [6.07, 6.45) is 56.0. The van der Waals surface area contributed by atoms with Crippen LogP contribution in [0.15, 0.2) is 48.6 Å². The van der Waals surface area contributed by atoms with Gasteiger partial charge >= 0.3 is 5.97 Å². The molecule has 3 atom stereocenters. The largest absolute Gasteiger partial charge is 0.462 e. The molecule has 0 bridgehead atoms. The van der Waals surface area contributed by atoms with E-state index in [9.17, 15) is 19.8 Å². The highest BCUT2D eigenvalue weighted by atomic mass is 16.5. The van der Waals surface area contributed by atoms with Gasteiger partial charge in [0, 0.05) is 6.42 Å². The highest BCUT2D eigenvalue weighted by Gasteiger charge is 2.24. The number of carbonyl (C=O) groups is 2. The summed E-state index contributed by atoms with van der Waals surface area (Å²) in [6, 6.07) is -0.714. The fraction of sp³-hybridized carbons (Fsp3) is 0.811. The zero-order valence-electron chi connectivity index (χ0n) is 39.1. The van der Waals surface area contributed by atoms with Crippen LogP contribution in [0.5, 0.6) is 0 Å². The molecule has 3 unspecified atom stereocenters. The van der Waals surface area contributed by atoms with Crippen LogP contribution < -0.4 is 5.32 Å². The van der Waals surface area contributed by atoms with Crippen molar-refractivity contribution in [1.29, 1.82) is 0 Å². The van der Waals surface area contributed by atoms with Crippen molar-refractivity contribution in [2.45, 2.75) is 270 Å². The summed E-state index contributed by atoms with van der Waals surface area (Å²) in [7, 11) is 0. The first-order valence-corrected chi connectivity index (χ1v) is 25.4. The van der Waals surface area contributed by atoms with Crippen molar-refractivity contribution in [1.82, 2.24) is 5.32 Å². The maximum atomic E-state index is 13.2. The minimum atomic E-state index is -0.798. The van der Waals surface area contributed by atoms with Crippen LogP contribution >= 0.6 is 0 Å². The number of rotatable bonds is 45. The maximum Gasteiger partial charge on any atom is 0.306 e. The Morgan fingerprint density at radius 1 is 0.492 bits per heavy atom. The molecule has 0 aromatic heterocycles. The van der Waals surface area contributed by atoms with Crippen molar-refractivity contribution in [3.8, 4) is 0 Å². The number of aliphatic hydroxyl groups excluding tert-OH is 2. The Hall–Kier alpha value is -2.18. The Balaban J connectivity index is 4.64. The van der Waals surface area contributed by atoms with Crippen molar-refractivity contribution in [3.63, 3.8) is 0 Å². The predicted octanol–water partition coefficient (Wildman–Crippen LogP) is 15.1. The van der Waals surface area contributed by atoms with Gasteiger partial charge in [0.05, 0.1) is 25.2 Å². The average Bonchev–Trinajstić information content (AvgIpc) is 3.23. The molecule has 0 aliphatic heterocycles. The summed E-state index contributed by atoms with van der Waals surface area (Å²) in [5, 5.41) is 23.7.